The molecule has 0 aliphatic rings. The van der Waals surface area contributed by atoms with Gasteiger partial charge in [0.15, 0.2) is 0 Å². The Labute approximate surface area is 96.7 Å². The molecule has 84 valence electrons. The lowest BCUT2D eigenvalue weighted by Gasteiger charge is -2.07. The largest absolute Gasteiger partial charge is 0.507 e. The molecular weight excluding hydrogens is 196 g/mol. The van der Waals surface area contributed by atoms with Crippen molar-refractivity contribution in [3.05, 3.63) is 42.0 Å². The second kappa shape index (κ2) is 5.02. The van der Waals surface area contributed by atoms with Crippen LogP contribution in [0.3, 0.4) is 0 Å². The summed E-state index contributed by atoms with van der Waals surface area (Å²) in [5, 5.41) is 12.2. The van der Waals surface area contributed by atoms with E-state index in [1.807, 2.05) is 30.3 Å². The van der Waals surface area contributed by atoms with Crippen LogP contribution in [0.5, 0.6) is 5.75 Å². The normalized spacial score (nSPS) is 10.8. The number of benzene rings is 2. The number of aromatic hydroxyl groups is 1. The van der Waals surface area contributed by atoms with Gasteiger partial charge in [0.25, 0.3) is 0 Å². The highest BCUT2D eigenvalue weighted by Crippen LogP contribution is 2.29. The first kappa shape index (κ1) is 11.0. The van der Waals surface area contributed by atoms with E-state index in [4.69, 9.17) is 0 Å². The van der Waals surface area contributed by atoms with Gasteiger partial charge in [0.1, 0.15) is 5.75 Å². The molecule has 0 aliphatic heterocycles. The maximum absolute atomic E-state index is 10.1. The number of unbranched alkanes of at least 4 members (excludes halogenated alkanes) is 2. The molecule has 0 saturated carbocycles. The van der Waals surface area contributed by atoms with Crippen molar-refractivity contribution in [1.29, 1.82) is 0 Å². The summed E-state index contributed by atoms with van der Waals surface area (Å²) in [4.78, 5) is 0. The highest BCUT2D eigenvalue weighted by atomic mass is 16.3. The Morgan fingerprint density at radius 1 is 1.00 bits per heavy atom. The second-order valence-electron chi connectivity index (χ2n) is 4.25. The number of phenolic OH excluding ortho intramolecular Hbond substituents is 1. The van der Waals surface area contributed by atoms with Crippen LogP contribution in [0.4, 0.5) is 0 Å². The Morgan fingerprint density at radius 3 is 2.62 bits per heavy atom. The lowest BCUT2D eigenvalue weighted by molar-refractivity contribution is 0.473. The standard InChI is InChI=1S/C15H18O/c1-2-3-4-8-13-11-10-12-7-5-6-9-14(12)15(13)16/h5-7,9-11,16H,2-4,8H2,1H3. The van der Waals surface area contributed by atoms with Gasteiger partial charge < -0.3 is 5.11 Å². The van der Waals surface area contributed by atoms with Crippen LogP contribution >= 0.6 is 0 Å². The molecule has 0 aliphatic carbocycles. The summed E-state index contributed by atoms with van der Waals surface area (Å²) in [5.74, 6) is 0.467. The van der Waals surface area contributed by atoms with E-state index in [1.165, 1.54) is 12.8 Å². The molecule has 0 saturated heterocycles. The molecule has 0 heterocycles. The Hall–Kier alpha value is -1.50. The van der Waals surface area contributed by atoms with Gasteiger partial charge in [-0.05, 0) is 23.8 Å². The van der Waals surface area contributed by atoms with Gasteiger partial charge in [0, 0.05) is 5.39 Å². The van der Waals surface area contributed by atoms with Gasteiger partial charge in [-0.1, -0.05) is 56.2 Å². The monoisotopic (exact) mass is 214 g/mol. The predicted molar refractivity (Wildman–Crippen MR) is 68.8 cm³/mol. The molecule has 16 heavy (non-hydrogen) atoms. The van der Waals surface area contributed by atoms with Crippen molar-refractivity contribution in [2.75, 3.05) is 0 Å². The molecule has 1 N–H and O–H groups in total. The molecule has 0 fully saturated rings. The summed E-state index contributed by atoms with van der Waals surface area (Å²) < 4.78 is 0. The molecule has 0 unspecified atom stereocenters. The Morgan fingerprint density at radius 2 is 1.81 bits per heavy atom. The summed E-state index contributed by atoms with van der Waals surface area (Å²) in [6.07, 6.45) is 4.58. The zero-order chi connectivity index (χ0) is 11.4. The Bertz CT molecular complexity index is 474. The van der Waals surface area contributed by atoms with Gasteiger partial charge >= 0.3 is 0 Å². The quantitative estimate of drug-likeness (QED) is 0.753. The van der Waals surface area contributed by atoms with Crippen LogP contribution in [0.25, 0.3) is 10.8 Å². The molecule has 0 aromatic heterocycles. The van der Waals surface area contributed by atoms with Gasteiger partial charge in [-0.25, -0.2) is 0 Å². The van der Waals surface area contributed by atoms with Crippen LogP contribution in [-0.2, 0) is 6.42 Å². The minimum Gasteiger partial charge on any atom is -0.507 e. The SMILES string of the molecule is CCCCCc1ccc2ccccc2c1O. The smallest absolute Gasteiger partial charge is 0.126 e. The number of phenols is 1. The molecule has 0 radical (unpaired) electrons. The van der Waals surface area contributed by atoms with Crippen molar-refractivity contribution in [2.45, 2.75) is 32.6 Å². The third-order valence-electron chi connectivity index (χ3n) is 3.03. The highest BCUT2D eigenvalue weighted by Gasteiger charge is 2.05. The van der Waals surface area contributed by atoms with Crippen molar-refractivity contribution in [1.82, 2.24) is 0 Å². The maximum atomic E-state index is 10.1. The third kappa shape index (κ3) is 2.19. The number of hydrogen-bond acceptors (Lipinski definition) is 1. The summed E-state index contributed by atoms with van der Waals surface area (Å²) >= 11 is 0. The van der Waals surface area contributed by atoms with Crippen molar-refractivity contribution in [2.24, 2.45) is 0 Å². The van der Waals surface area contributed by atoms with E-state index in [0.717, 1.165) is 29.2 Å². The van der Waals surface area contributed by atoms with Crippen LogP contribution in [-0.4, -0.2) is 5.11 Å². The fraction of sp³-hybridized carbons (Fsp3) is 0.333. The van der Waals surface area contributed by atoms with E-state index < -0.39 is 0 Å². The van der Waals surface area contributed by atoms with E-state index in [1.54, 1.807) is 0 Å². The van der Waals surface area contributed by atoms with Gasteiger partial charge in [-0.3, -0.25) is 0 Å². The fourth-order valence-corrected chi connectivity index (χ4v) is 2.07. The molecule has 2 aromatic carbocycles. The Kier molecular flexibility index (Phi) is 3.45. The third-order valence-corrected chi connectivity index (χ3v) is 3.03. The van der Waals surface area contributed by atoms with Crippen LogP contribution in [0.2, 0.25) is 0 Å². The van der Waals surface area contributed by atoms with Crippen molar-refractivity contribution in [3.8, 4) is 5.75 Å². The first-order chi connectivity index (χ1) is 7.83. The molecular formula is C15H18O. The minimum atomic E-state index is 0.467. The summed E-state index contributed by atoms with van der Waals surface area (Å²) in [6.45, 7) is 2.19. The summed E-state index contributed by atoms with van der Waals surface area (Å²) in [7, 11) is 0. The molecule has 0 atom stereocenters. The van der Waals surface area contributed by atoms with Crippen molar-refractivity contribution < 1.29 is 5.11 Å². The topological polar surface area (TPSA) is 20.2 Å². The molecule has 1 nitrogen and oxygen atoms in total. The van der Waals surface area contributed by atoms with Crippen LogP contribution in [0, 0.1) is 0 Å². The van der Waals surface area contributed by atoms with Crippen LogP contribution in [0.15, 0.2) is 36.4 Å². The van der Waals surface area contributed by atoms with Gasteiger partial charge in [-0.2, -0.15) is 0 Å². The molecule has 0 amide bonds. The average Bonchev–Trinajstić information content (AvgIpc) is 2.33. The van der Waals surface area contributed by atoms with E-state index in [-0.39, 0.29) is 0 Å². The molecule has 2 aromatic rings. The van der Waals surface area contributed by atoms with Gasteiger partial charge in [-0.15, -0.1) is 0 Å². The predicted octanol–water partition coefficient (Wildman–Crippen LogP) is 4.28. The maximum Gasteiger partial charge on any atom is 0.126 e. The summed E-state index contributed by atoms with van der Waals surface area (Å²) in [5.41, 5.74) is 1.08. The second-order valence-corrected chi connectivity index (χ2v) is 4.25. The highest BCUT2D eigenvalue weighted by molar-refractivity contribution is 5.89. The summed E-state index contributed by atoms with van der Waals surface area (Å²) in [6, 6.07) is 12.1. The molecule has 2 rings (SSSR count). The Balaban J connectivity index is 2.29. The van der Waals surface area contributed by atoms with Crippen LogP contribution < -0.4 is 0 Å². The number of fused-ring (bicyclic) bond motifs is 1. The molecule has 0 bridgehead atoms. The van der Waals surface area contributed by atoms with E-state index in [0.29, 0.717) is 5.75 Å². The fourth-order valence-electron chi connectivity index (χ4n) is 2.07. The first-order valence-electron chi connectivity index (χ1n) is 6.02. The number of hydrogen-bond donors (Lipinski definition) is 1. The number of aryl methyl sites for hydroxylation is 1. The first-order valence-corrected chi connectivity index (χ1v) is 6.02. The average molecular weight is 214 g/mol. The van der Waals surface area contributed by atoms with Gasteiger partial charge in [0.2, 0.25) is 0 Å². The lowest BCUT2D eigenvalue weighted by Crippen LogP contribution is -1.87. The minimum absolute atomic E-state index is 0.467. The van der Waals surface area contributed by atoms with E-state index >= 15 is 0 Å². The van der Waals surface area contributed by atoms with Crippen LogP contribution in [0.1, 0.15) is 31.7 Å². The van der Waals surface area contributed by atoms with Crippen molar-refractivity contribution in [3.63, 3.8) is 0 Å². The zero-order valence-corrected chi connectivity index (χ0v) is 9.74. The van der Waals surface area contributed by atoms with E-state index in [9.17, 15) is 5.11 Å². The lowest BCUT2D eigenvalue weighted by atomic mass is 10.0. The molecule has 0 spiro atoms. The molecule has 1 heteroatoms. The van der Waals surface area contributed by atoms with E-state index in [2.05, 4.69) is 13.0 Å². The van der Waals surface area contributed by atoms with Crippen molar-refractivity contribution >= 4 is 10.8 Å². The van der Waals surface area contributed by atoms with Gasteiger partial charge in [0.05, 0.1) is 0 Å². The number of rotatable bonds is 4. The zero-order valence-electron chi connectivity index (χ0n) is 9.74.